The van der Waals surface area contributed by atoms with Crippen LogP contribution in [-0.2, 0) is 4.79 Å². The zero-order chi connectivity index (χ0) is 23.0. The van der Waals surface area contributed by atoms with Gasteiger partial charge in [0.05, 0.1) is 27.2 Å². The molecule has 3 nitrogen and oxygen atoms in total. The van der Waals surface area contributed by atoms with E-state index in [9.17, 15) is 4.79 Å². The third kappa shape index (κ3) is 23.7. The molecule has 3 heteroatoms. The number of carbonyl (C=O) groups is 1. The molecule has 1 N–H and O–H groups in total. The number of hydrogen-bond donors (Lipinski definition) is 1. The zero-order valence-corrected chi connectivity index (χ0v) is 21.7. The highest BCUT2D eigenvalue weighted by molar-refractivity contribution is 5.86. The summed E-state index contributed by atoms with van der Waals surface area (Å²) in [6.07, 6.45) is 28.1. The smallest absolute Gasteiger partial charge is 0.243 e. The molecule has 0 aliphatic rings. The van der Waals surface area contributed by atoms with E-state index in [0.29, 0.717) is 0 Å². The molecule has 0 radical (unpaired) electrons. The van der Waals surface area contributed by atoms with E-state index in [-0.39, 0.29) is 5.91 Å². The molecule has 0 unspecified atom stereocenters. The van der Waals surface area contributed by atoms with Gasteiger partial charge in [-0.05, 0) is 18.9 Å². The Kier molecular flexibility index (Phi) is 21.8. The maximum Gasteiger partial charge on any atom is 0.243 e. The Bertz CT molecular complexity index is 406. The molecule has 0 aromatic heterocycles. The number of nitrogens with one attached hydrogen (secondary N) is 1. The van der Waals surface area contributed by atoms with Gasteiger partial charge in [-0.1, -0.05) is 116 Å². The molecule has 0 rings (SSSR count). The first-order valence-corrected chi connectivity index (χ1v) is 13.7. The fourth-order valence-electron chi connectivity index (χ4n) is 4.34. The minimum Gasteiger partial charge on any atom is -0.352 e. The van der Waals surface area contributed by atoms with Gasteiger partial charge in [0.15, 0.2) is 0 Å². The zero-order valence-electron chi connectivity index (χ0n) is 21.7. The molecule has 0 aromatic rings. The Labute approximate surface area is 196 Å². The van der Waals surface area contributed by atoms with E-state index in [1.54, 1.807) is 0 Å². The number of hydrogen-bond acceptors (Lipinski definition) is 1. The monoisotopic (exact) mass is 437 g/mol. The van der Waals surface area contributed by atoms with Crippen LogP contribution in [0, 0.1) is 0 Å². The van der Waals surface area contributed by atoms with E-state index >= 15 is 0 Å². The molecule has 0 fully saturated rings. The molecule has 0 heterocycles. The minimum atomic E-state index is -0.0613. The van der Waals surface area contributed by atoms with Crippen molar-refractivity contribution in [1.29, 1.82) is 0 Å². The van der Waals surface area contributed by atoms with Gasteiger partial charge in [0.2, 0.25) is 5.91 Å². The minimum absolute atomic E-state index is 0.0613. The van der Waals surface area contributed by atoms with Crippen molar-refractivity contribution in [3.05, 3.63) is 12.7 Å². The molecule has 0 aliphatic carbocycles. The molecule has 0 aliphatic heterocycles. The number of amides is 1. The molecule has 1 amide bonds. The van der Waals surface area contributed by atoms with Crippen LogP contribution in [0.5, 0.6) is 0 Å². The quantitative estimate of drug-likeness (QED) is 0.0931. The second-order valence-electron chi connectivity index (χ2n) is 10.2. The molecule has 31 heavy (non-hydrogen) atoms. The van der Waals surface area contributed by atoms with Gasteiger partial charge < -0.3 is 9.80 Å². The maximum absolute atomic E-state index is 11.2. The first kappa shape index (κ1) is 30.2. The van der Waals surface area contributed by atoms with E-state index in [0.717, 1.165) is 24.0 Å². The van der Waals surface area contributed by atoms with Gasteiger partial charge >= 0.3 is 0 Å². The molecule has 0 bridgehead atoms. The largest absolute Gasteiger partial charge is 0.352 e. The van der Waals surface area contributed by atoms with Crippen LogP contribution in [0.2, 0.25) is 0 Å². The highest BCUT2D eigenvalue weighted by Crippen LogP contribution is 2.14. The summed E-state index contributed by atoms with van der Waals surface area (Å²) in [6, 6.07) is 0. The van der Waals surface area contributed by atoms with Crippen LogP contribution in [-0.4, -0.2) is 44.1 Å². The topological polar surface area (TPSA) is 29.1 Å². The fourth-order valence-corrected chi connectivity index (χ4v) is 4.34. The average Bonchev–Trinajstić information content (AvgIpc) is 2.75. The first-order chi connectivity index (χ1) is 15.0. The lowest BCUT2D eigenvalue weighted by atomic mass is 10.0. The van der Waals surface area contributed by atoms with Gasteiger partial charge in [-0.2, -0.15) is 0 Å². The van der Waals surface area contributed by atoms with E-state index in [2.05, 4.69) is 32.9 Å². The van der Waals surface area contributed by atoms with Crippen molar-refractivity contribution in [3.8, 4) is 0 Å². The average molecular weight is 438 g/mol. The molecule has 0 atom stereocenters. The van der Waals surface area contributed by atoms with Gasteiger partial charge in [0, 0.05) is 13.0 Å². The predicted molar refractivity (Wildman–Crippen MR) is 138 cm³/mol. The molecule has 0 aromatic carbocycles. The van der Waals surface area contributed by atoms with E-state index in [4.69, 9.17) is 0 Å². The van der Waals surface area contributed by atoms with Gasteiger partial charge in [-0.25, -0.2) is 0 Å². The Balaban J connectivity index is 3.26. The summed E-state index contributed by atoms with van der Waals surface area (Å²) in [4.78, 5) is 11.2. The van der Waals surface area contributed by atoms with Crippen molar-refractivity contribution in [1.82, 2.24) is 5.32 Å². The second-order valence-corrected chi connectivity index (χ2v) is 10.2. The van der Waals surface area contributed by atoms with Crippen molar-refractivity contribution in [2.24, 2.45) is 0 Å². The van der Waals surface area contributed by atoms with Crippen LogP contribution in [0.3, 0.4) is 0 Å². The van der Waals surface area contributed by atoms with Crippen LogP contribution in [0.25, 0.3) is 0 Å². The summed E-state index contributed by atoms with van der Waals surface area (Å²) >= 11 is 0. The third-order valence-corrected chi connectivity index (χ3v) is 6.54. The van der Waals surface area contributed by atoms with Crippen LogP contribution >= 0.6 is 0 Å². The fraction of sp³-hybridized carbons (Fsp3) is 0.893. The van der Waals surface area contributed by atoms with Crippen molar-refractivity contribution in [3.63, 3.8) is 0 Å². The van der Waals surface area contributed by atoms with Crippen molar-refractivity contribution < 1.29 is 9.28 Å². The highest BCUT2D eigenvalue weighted by Gasteiger charge is 2.13. The Morgan fingerprint density at radius 3 is 1.39 bits per heavy atom. The standard InChI is InChI=1S/C28H56N2O/c1-5-7-8-9-10-11-12-13-14-15-16-17-18-19-20-21-22-23-26-30(3,4)27-24-25-29-28(31)6-2/h6H,2,5,7-27H2,1,3-4H3/p+1. The molecule has 0 spiro atoms. The lowest BCUT2D eigenvalue weighted by Crippen LogP contribution is -2.42. The van der Waals surface area contributed by atoms with E-state index in [1.165, 1.54) is 128 Å². The van der Waals surface area contributed by atoms with E-state index < -0.39 is 0 Å². The van der Waals surface area contributed by atoms with Crippen LogP contribution < -0.4 is 5.32 Å². The summed E-state index contributed by atoms with van der Waals surface area (Å²) in [5.41, 5.74) is 0. The number of unbranched alkanes of at least 4 members (excludes halogenated alkanes) is 17. The molecular weight excluding hydrogens is 380 g/mol. The summed E-state index contributed by atoms with van der Waals surface area (Å²) in [6.45, 7) is 8.90. The Morgan fingerprint density at radius 2 is 1.00 bits per heavy atom. The summed E-state index contributed by atoms with van der Waals surface area (Å²) in [5, 5.41) is 2.87. The predicted octanol–water partition coefficient (Wildman–Crippen LogP) is 7.80. The lowest BCUT2D eigenvalue weighted by molar-refractivity contribution is -0.890. The normalized spacial score (nSPS) is 11.6. The van der Waals surface area contributed by atoms with Gasteiger partial charge in [0.1, 0.15) is 0 Å². The van der Waals surface area contributed by atoms with Crippen molar-refractivity contribution in [2.75, 3.05) is 33.7 Å². The van der Waals surface area contributed by atoms with Gasteiger partial charge in [0.25, 0.3) is 0 Å². The summed E-state index contributed by atoms with van der Waals surface area (Å²) < 4.78 is 1.06. The third-order valence-electron chi connectivity index (χ3n) is 6.54. The van der Waals surface area contributed by atoms with Crippen LogP contribution in [0.1, 0.15) is 129 Å². The maximum atomic E-state index is 11.2. The van der Waals surface area contributed by atoms with Crippen molar-refractivity contribution in [2.45, 2.75) is 129 Å². The first-order valence-electron chi connectivity index (χ1n) is 13.7. The second kappa shape index (κ2) is 22.4. The van der Waals surface area contributed by atoms with Crippen LogP contribution in [0.15, 0.2) is 12.7 Å². The molecule has 0 saturated carbocycles. The summed E-state index contributed by atoms with van der Waals surface area (Å²) in [7, 11) is 4.62. The molecule has 184 valence electrons. The highest BCUT2D eigenvalue weighted by atomic mass is 16.1. The van der Waals surface area contributed by atoms with Gasteiger partial charge in [-0.15, -0.1) is 0 Å². The molecule has 0 saturated heterocycles. The summed E-state index contributed by atoms with van der Waals surface area (Å²) in [5.74, 6) is -0.0613. The number of carbonyl (C=O) groups excluding carboxylic acids is 1. The Morgan fingerprint density at radius 1 is 0.645 bits per heavy atom. The number of rotatable bonds is 24. The SMILES string of the molecule is C=CC(=O)NCCC[N+](C)(C)CCCCCCCCCCCCCCCCCCCC. The van der Waals surface area contributed by atoms with Crippen molar-refractivity contribution >= 4 is 5.91 Å². The number of quaternary nitrogens is 1. The van der Waals surface area contributed by atoms with Gasteiger partial charge in [-0.3, -0.25) is 4.79 Å². The Hall–Kier alpha value is -0.830. The van der Waals surface area contributed by atoms with E-state index in [1.807, 2.05) is 0 Å². The molecular formula is C28H57N2O+. The number of nitrogens with zero attached hydrogens (tertiary/aromatic N) is 1. The van der Waals surface area contributed by atoms with Crippen LogP contribution in [0.4, 0.5) is 0 Å². The lowest BCUT2D eigenvalue weighted by Gasteiger charge is -2.30.